The van der Waals surface area contributed by atoms with Gasteiger partial charge in [0.05, 0.1) is 0 Å². The largest absolute Gasteiger partial charge is 0.362 e. The van der Waals surface area contributed by atoms with Crippen LogP contribution in [-0.2, 0) is 0 Å². The minimum Gasteiger partial charge on any atom is -0.362 e. The fraction of sp³-hybridized carbons (Fsp3) is 0.500. The first-order valence-electron chi connectivity index (χ1n) is 5.71. The molecule has 1 aromatic rings. The summed E-state index contributed by atoms with van der Waals surface area (Å²) < 4.78 is 0. The molecule has 0 aromatic carbocycles. The molecule has 1 heterocycles. The van der Waals surface area contributed by atoms with Crippen LogP contribution in [0, 0.1) is 6.92 Å². The molecule has 1 aromatic heterocycles. The first kappa shape index (κ1) is 12.9. The van der Waals surface area contributed by atoms with E-state index in [1.807, 2.05) is 25.1 Å². The van der Waals surface area contributed by atoms with Crippen LogP contribution >= 0.6 is 12.2 Å². The average molecular weight is 237 g/mol. The fourth-order valence-corrected chi connectivity index (χ4v) is 1.56. The predicted octanol–water partition coefficient (Wildman–Crippen LogP) is 2.87. The van der Waals surface area contributed by atoms with Crippen molar-refractivity contribution in [3.8, 4) is 0 Å². The number of rotatable bonds is 5. The zero-order valence-corrected chi connectivity index (χ0v) is 10.7. The van der Waals surface area contributed by atoms with Gasteiger partial charge in [0.25, 0.3) is 0 Å². The van der Waals surface area contributed by atoms with E-state index >= 15 is 0 Å². The zero-order chi connectivity index (χ0) is 11.8. The molecule has 0 atom stereocenters. The van der Waals surface area contributed by atoms with E-state index < -0.39 is 0 Å². The maximum Gasteiger partial charge on any atom is 0.171 e. The smallest absolute Gasteiger partial charge is 0.171 e. The van der Waals surface area contributed by atoms with Gasteiger partial charge in [-0.05, 0) is 37.7 Å². The van der Waals surface area contributed by atoms with Crippen molar-refractivity contribution in [2.75, 3.05) is 11.9 Å². The maximum absolute atomic E-state index is 5.17. The third kappa shape index (κ3) is 5.07. The van der Waals surface area contributed by atoms with Gasteiger partial charge in [-0.3, -0.25) is 0 Å². The van der Waals surface area contributed by atoms with Crippen molar-refractivity contribution in [1.82, 2.24) is 10.3 Å². The van der Waals surface area contributed by atoms with E-state index in [-0.39, 0.29) is 0 Å². The lowest BCUT2D eigenvalue weighted by Crippen LogP contribution is -2.29. The van der Waals surface area contributed by atoms with Gasteiger partial charge < -0.3 is 10.6 Å². The molecule has 0 saturated heterocycles. The van der Waals surface area contributed by atoms with Gasteiger partial charge >= 0.3 is 0 Å². The second kappa shape index (κ2) is 7.17. The molecule has 4 heteroatoms. The van der Waals surface area contributed by atoms with Crippen LogP contribution in [0.4, 0.5) is 5.82 Å². The molecule has 0 aliphatic heterocycles. The monoisotopic (exact) mass is 237 g/mol. The lowest BCUT2D eigenvalue weighted by molar-refractivity contribution is 0.697. The first-order valence-corrected chi connectivity index (χ1v) is 6.11. The molecule has 0 amide bonds. The summed E-state index contributed by atoms with van der Waals surface area (Å²) in [5, 5.41) is 6.88. The Hall–Kier alpha value is -1.16. The van der Waals surface area contributed by atoms with Crippen LogP contribution < -0.4 is 10.6 Å². The molecule has 0 unspecified atom stereocenters. The van der Waals surface area contributed by atoms with Crippen molar-refractivity contribution in [2.45, 2.75) is 33.1 Å². The summed E-state index contributed by atoms with van der Waals surface area (Å²) in [6.45, 7) is 5.07. The number of unbranched alkanes of at least 4 members (excludes halogenated alkanes) is 2. The van der Waals surface area contributed by atoms with Gasteiger partial charge in [-0.1, -0.05) is 25.8 Å². The lowest BCUT2D eigenvalue weighted by atomic mass is 10.2. The molecule has 0 fully saturated rings. The molecule has 0 bridgehead atoms. The molecule has 1 rings (SSSR count). The maximum atomic E-state index is 5.17. The highest BCUT2D eigenvalue weighted by atomic mass is 32.1. The van der Waals surface area contributed by atoms with Crippen LogP contribution in [0.15, 0.2) is 18.2 Å². The molecular formula is C12H19N3S. The van der Waals surface area contributed by atoms with Crippen molar-refractivity contribution in [2.24, 2.45) is 0 Å². The number of hydrogen-bond acceptors (Lipinski definition) is 2. The standard InChI is InChI=1S/C12H19N3S/c1-3-4-5-9-13-12(16)15-11-8-6-7-10(2)14-11/h6-8H,3-5,9H2,1-2H3,(H2,13,14,15,16). The van der Waals surface area contributed by atoms with Gasteiger partial charge in [0.1, 0.15) is 5.82 Å². The minimum absolute atomic E-state index is 0.647. The molecule has 88 valence electrons. The minimum atomic E-state index is 0.647. The second-order valence-corrected chi connectivity index (χ2v) is 4.16. The van der Waals surface area contributed by atoms with Crippen molar-refractivity contribution >= 4 is 23.1 Å². The molecule has 0 aliphatic rings. The summed E-state index contributed by atoms with van der Waals surface area (Å²) in [5.74, 6) is 0.799. The van der Waals surface area contributed by atoms with Crippen LogP contribution in [0.2, 0.25) is 0 Å². The van der Waals surface area contributed by atoms with Crippen molar-refractivity contribution < 1.29 is 0 Å². The number of aryl methyl sites for hydroxylation is 1. The number of pyridine rings is 1. The van der Waals surface area contributed by atoms with Gasteiger partial charge in [0, 0.05) is 12.2 Å². The summed E-state index contributed by atoms with van der Waals surface area (Å²) in [4.78, 5) is 4.32. The summed E-state index contributed by atoms with van der Waals surface area (Å²) in [6, 6.07) is 5.83. The van der Waals surface area contributed by atoms with Gasteiger partial charge in [-0.15, -0.1) is 0 Å². The van der Waals surface area contributed by atoms with Crippen LogP contribution in [0.1, 0.15) is 31.9 Å². The Balaban J connectivity index is 2.29. The quantitative estimate of drug-likeness (QED) is 0.610. The van der Waals surface area contributed by atoms with Crippen LogP contribution in [-0.4, -0.2) is 16.6 Å². The summed E-state index contributed by atoms with van der Waals surface area (Å²) in [6.07, 6.45) is 3.61. The van der Waals surface area contributed by atoms with E-state index in [9.17, 15) is 0 Å². The molecule has 3 nitrogen and oxygen atoms in total. The van der Waals surface area contributed by atoms with E-state index in [1.54, 1.807) is 0 Å². The number of hydrogen-bond donors (Lipinski definition) is 2. The summed E-state index contributed by atoms with van der Waals surface area (Å²) in [7, 11) is 0. The Morgan fingerprint density at radius 2 is 2.19 bits per heavy atom. The SMILES string of the molecule is CCCCCNC(=S)Nc1cccc(C)n1. The van der Waals surface area contributed by atoms with E-state index in [0.29, 0.717) is 5.11 Å². The normalized spacial score (nSPS) is 9.88. The Morgan fingerprint density at radius 3 is 2.88 bits per heavy atom. The zero-order valence-electron chi connectivity index (χ0n) is 9.92. The molecule has 0 saturated carbocycles. The van der Waals surface area contributed by atoms with Crippen LogP contribution in [0.3, 0.4) is 0 Å². The molecular weight excluding hydrogens is 218 g/mol. The van der Waals surface area contributed by atoms with Gasteiger partial charge in [-0.25, -0.2) is 4.98 Å². The van der Waals surface area contributed by atoms with Crippen LogP contribution in [0.5, 0.6) is 0 Å². The number of thiocarbonyl (C=S) groups is 1. The van der Waals surface area contributed by atoms with Gasteiger partial charge in [-0.2, -0.15) is 0 Å². The number of anilines is 1. The number of aromatic nitrogens is 1. The Labute approximate surface area is 103 Å². The van der Waals surface area contributed by atoms with E-state index in [2.05, 4.69) is 22.5 Å². The van der Waals surface area contributed by atoms with Crippen molar-refractivity contribution in [3.05, 3.63) is 23.9 Å². The Kier molecular flexibility index (Phi) is 5.78. The molecule has 2 N–H and O–H groups in total. The lowest BCUT2D eigenvalue weighted by Gasteiger charge is -2.09. The summed E-state index contributed by atoms with van der Waals surface area (Å²) in [5.41, 5.74) is 0.985. The van der Waals surface area contributed by atoms with Gasteiger partial charge in [0.2, 0.25) is 0 Å². The number of nitrogens with one attached hydrogen (secondary N) is 2. The third-order valence-corrected chi connectivity index (χ3v) is 2.44. The molecule has 0 radical (unpaired) electrons. The summed E-state index contributed by atoms with van der Waals surface area (Å²) >= 11 is 5.17. The van der Waals surface area contributed by atoms with Crippen LogP contribution in [0.25, 0.3) is 0 Å². The van der Waals surface area contributed by atoms with E-state index in [1.165, 1.54) is 12.8 Å². The highest BCUT2D eigenvalue weighted by Crippen LogP contribution is 2.03. The molecule has 0 spiro atoms. The van der Waals surface area contributed by atoms with Gasteiger partial charge in [0.15, 0.2) is 5.11 Å². The average Bonchev–Trinajstić information content (AvgIpc) is 2.24. The van der Waals surface area contributed by atoms with E-state index in [4.69, 9.17) is 12.2 Å². The third-order valence-electron chi connectivity index (χ3n) is 2.20. The first-order chi connectivity index (χ1) is 7.72. The Bertz CT molecular complexity index is 339. The fourth-order valence-electron chi connectivity index (χ4n) is 1.35. The molecule has 16 heavy (non-hydrogen) atoms. The Morgan fingerprint density at radius 1 is 1.38 bits per heavy atom. The molecule has 0 aliphatic carbocycles. The highest BCUT2D eigenvalue weighted by Gasteiger charge is 1.97. The van der Waals surface area contributed by atoms with Crippen molar-refractivity contribution in [1.29, 1.82) is 0 Å². The van der Waals surface area contributed by atoms with E-state index in [0.717, 1.165) is 24.5 Å². The number of nitrogens with zero attached hydrogens (tertiary/aromatic N) is 1. The predicted molar refractivity (Wildman–Crippen MR) is 72.7 cm³/mol. The van der Waals surface area contributed by atoms with Crippen molar-refractivity contribution in [3.63, 3.8) is 0 Å². The highest BCUT2D eigenvalue weighted by molar-refractivity contribution is 7.80. The second-order valence-electron chi connectivity index (χ2n) is 3.75. The topological polar surface area (TPSA) is 37.0 Å².